The van der Waals surface area contributed by atoms with Crippen LogP contribution in [0.2, 0.25) is 0 Å². The van der Waals surface area contributed by atoms with Gasteiger partial charge in [0.2, 0.25) is 0 Å². The number of hydrogen-bond acceptors (Lipinski definition) is 1. The number of allylic oxidation sites excluding steroid dienone is 2. The van der Waals surface area contributed by atoms with E-state index >= 15 is 0 Å². The van der Waals surface area contributed by atoms with E-state index in [1.54, 1.807) is 13.1 Å². The first-order valence-corrected chi connectivity index (χ1v) is 3.36. The van der Waals surface area contributed by atoms with Gasteiger partial charge in [0.25, 0.3) is 5.91 Å². The lowest BCUT2D eigenvalue weighted by atomic mass is 10.1. The quantitative estimate of drug-likeness (QED) is 0.479. The molecule has 0 aliphatic heterocycles. The molecule has 0 aliphatic carbocycles. The molecule has 2 heteroatoms. The zero-order valence-corrected chi connectivity index (χ0v) is 6.98. The second-order valence-electron chi connectivity index (χ2n) is 2.08. The second kappa shape index (κ2) is 4.50. The van der Waals surface area contributed by atoms with Crippen molar-refractivity contribution in [3.63, 3.8) is 0 Å². The summed E-state index contributed by atoms with van der Waals surface area (Å²) in [5, 5.41) is 2.47. The van der Waals surface area contributed by atoms with Gasteiger partial charge < -0.3 is 5.32 Å². The molecule has 11 heavy (non-hydrogen) atoms. The van der Waals surface area contributed by atoms with E-state index in [-0.39, 0.29) is 5.91 Å². The molecule has 0 spiro atoms. The van der Waals surface area contributed by atoms with Gasteiger partial charge >= 0.3 is 0 Å². The summed E-state index contributed by atoms with van der Waals surface area (Å²) >= 11 is 0. The average Bonchev–Trinajstić information content (AvgIpc) is 2.02. The van der Waals surface area contributed by atoms with Crippen molar-refractivity contribution in [3.8, 4) is 0 Å². The Morgan fingerprint density at radius 2 is 2.00 bits per heavy atom. The van der Waals surface area contributed by atoms with Crippen LogP contribution in [0, 0.1) is 0 Å². The van der Waals surface area contributed by atoms with E-state index < -0.39 is 0 Å². The first-order chi connectivity index (χ1) is 5.13. The number of likely N-dealkylation sites (N-methyl/N-ethyl adjacent to an activating group) is 1. The molecule has 0 bridgehead atoms. The van der Waals surface area contributed by atoms with Crippen LogP contribution in [0.25, 0.3) is 0 Å². The molecule has 2 nitrogen and oxygen atoms in total. The van der Waals surface area contributed by atoms with Crippen LogP contribution < -0.4 is 5.32 Å². The normalized spacial score (nSPS) is 9.64. The highest BCUT2D eigenvalue weighted by Crippen LogP contribution is 2.05. The van der Waals surface area contributed by atoms with Crippen LogP contribution in [0.5, 0.6) is 0 Å². The Kier molecular flexibility index (Phi) is 3.96. The molecule has 0 aromatic heterocycles. The Bertz CT molecular complexity index is 214. The van der Waals surface area contributed by atoms with Crippen molar-refractivity contribution in [2.75, 3.05) is 7.05 Å². The van der Waals surface area contributed by atoms with Crippen molar-refractivity contribution < 1.29 is 4.79 Å². The highest BCUT2D eigenvalue weighted by molar-refractivity contribution is 5.97. The van der Waals surface area contributed by atoms with Crippen LogP contribution in [0.3, 0.4) is 0 Å². The topological polar surface area (TPSA) is 29.1 Å². The van der Waals surface area contributed by atoms with Crippen LogP contribution in [0.4, 0.5) is 0 Å². The SMILES string of the molecule is C=C(/C=C\C)C(=C)C(=O)NC. The number of nitrogens with one attached hydrogen (secondary N) is 1. The predicted molar refractivity (Wildman–Crippen MR) is 47.2 cm³/mol. The number of hydrogen-bond donors (Lipinski definition) is 1. The van der Waals surface area contributed by atoms with Crippen molar-refractivity contribution in [3.05, 3.63) is 36.5 Å². The third kappa shape index (κ3) is 2.85. The summed E-state index contributed by atoms with van der Waals surface area (Å²) in [5.74, 6) is -0.187. The molecule has 0 rings (SSSR count). The maximum atomic E-state index is 10.9. The van der Waals surface area contributed by atoms with Crippen molar-refractivity contribution in [2.45, 2.75) is 6.92 Å². The number of carbonyl (C=O) groups is 1. The predicted octanol–water partition coefficient (Wildman–Crippen LogP) is 1.42. The lowest BCUT2D eigenvalue weighted by molar-refractivity contribution is -0.116. The zero-order chi connectivity index (χ0) is 8.85. The van der Waals surface area contributed by atoms with Crippen LogP contribution in [-0.2, 0) is 4.79 Å². The Labute approximate surface area is 67.3 Å². The Morgan fingerprint density at radius 3 is 2.36 bits per heavy atom. The number of amides is 1. The fourth-order valence-corrected chi connectivity index (χ4v) is 0.598. The molecule has 0 unspecified atom stereocenters. The van der Waals surface area contributed by atoms with Crippen LogP contribution >= 0.6 is 0 Å². The molecule has 0 aromatic carbocycles. The molecule has 1 N–H and O–H groups in total. The molecule has 0 saturated heterocycles. The summed E-state index contributed by atoms with van der Waals surface area (Å²) in [5.41, 5.74) is 1.05. The lowest BCUT2D eigenvalue weighted by Crippen LogP contribution is -2.19. The minimum absolute atomic E-state index is 0.187. The second-order valence-corrected chi connectivity index (χ2v) is 2.08. The Hall–Kier alpha value is -1.31. The smallest absolute Gasteiger partial charge is 0.251 e. The van der Waals surface area contributed by atoms with Gasteiger partial charge in [-0.15, -0.1) is 0 Å². The molecule has 1 amide bonds. The van der Waals surface area contributed by atoms with Crippen LogP contribution in [0.15, 0.2) is 36.5 Å². The van der Waals surface area contributed by atoms with Gasteiger partial charge in [0, 0.05) is 12.6 Å². The van der Waals surface area contributed by atoms with E-state index in [0.29, 0.717) is 11.1 Å². The summed E-state index contributed by atoms with van der Waals surface area (Å²) in [6.07, 6.45) is 3.56. The number of rotatable bonds is 3. The minimum Gasteiger partial charge on any atom is -0.355 e. The van der Waals surface area contributed by atoms with E-state index in [1.807, 2.05) is 13.0 Å². The highest BCUT2D eigenvalue weighted by Gasteiger charge is 2.04. The highest BCUT2D eigenvalue weighted by atomic mass is 16.1. The molecule has 0 aromatic rings. The summed E-state index contributed by atoms with van der Waals surface area (Å²) < 4.78 is 0. The zero-order valence-electron chi connectivity index (χ0n) is 6.98. The van der Waals surface area contributed by atoms with Gasteiger partial charge in [0.05, 0.1) is 0 Å². The van der Waals surface area contributed by atoms with E-state index in [2.05, 4.69) is 18.5 Å². The van der Waals surface area contributed by atoms with Crippen molar-refractivity contribution >= 4 is 5.91 Å². The molecule has 60 valence electrons. The van der Waals surface area contributed by atoms with Crippen LogP contribution in [-0.4, -0.2) is 13.0 Å². The summed E-state index contributed by atoms with van der Waals surface area (Å²) in [6.45, 7) is 9.11. The molecule has 0 heterocycles. The maximum absolute atomic E-state index is 10.9. The van der Waals surface area contributed by atoms with Gasteiger partial charge in [-0.2, -0.15) is 0 Å². The largest absolute Gasteiger partial charge is 0.355 e. The molecular formula is C9H13NO. The van der Waals surface area contributed by atoms with Crippen molar-refractivity contribution in [1.29, 1.82) is 0 Å². The Balaban J connectivity index is 4.26. The molecule has 0 saturated carbocycles. The molecule has 0 atom stereocenters. The monoisotopic (exact) mass is 151 g/mol. The lowest BCUT2D eigenvalue weighted by Gasteiger charge is -2.01. The summed E-state index contributed by atoms with van der Waals surface area (Å²) in [6, 6.07) is 0. The van der Waals surface area contributed by atoms with Crippen LogP contribution in [0.1, 0.15) is 6.92 Å². The molecule has 0 aliphatic rings. The number of carbonyl (C=O) groups excluding carboxylic acids is 1. The first-order valence-electron chi connectivity index (χ1n) is 3.36. The Morgan fingerprint density at radius 1 is 1.45 bits per heavy atom. The van der Waals surface area contributed by atoms with E-state index in [4.69, 9.17) is 0 Å². The van der Waals surface area contributed by atoms with Crippen molar-refractivity contribution in [2.24, 2.45) is 0 Å². The van der Waals surface area contributed by atoms with Gasteiger partial charge in [0.15, 0.2) is 0 Å². The molecular weight excluding hydrogens is 138 g/mol. The van der Waals surface area contributed by atoms with Crippen molar-refractivity contribution in [1.82, 2.24) is 5.32 Å². The minimum atomic E-state index is -0.187. The first kappa shape index (κ1) is 9.69. The standard InChI is InChI=1S/C9H13NO/c1-5-6-7(2)8(3)9(11)10-4/h5-6H,2-3H2,1,4H3,(H,10,11)/b6-5-. The molecule has 0 fully saturated rings. The average molecular weight is 151 g/mol. The maximum Gasteiger partial charge on any atom is 0.251 e. The van der Waals surface area contributed by atoms with Gasteiger partial charge in [-0.25, -0.2) is 0 Å². The summed E-state index contributed by atoms with van der Waals surface area (Å²) in [4.78, 5) is 10.9. The fourth-order valence-electron chi connectivity index (χ4n) is 0.598. The third-order valence-corrected chi connectivity index (χ3v) is 1.26. The van der Waals surface area contributed by atoms with Gasteiger partial charge in [-0.1, -0.05) is 25.3 Å². The van der Waals surface area contributed by atoms with E-state index in [0.717, 1.165) is 0 Å². The van der Waals surface area contributed by atoms with E-state index in [1.165, 1.54) is 0 Å². The fraction of sp³-hybridized carbons (Fsp3) is 0.222. The molecule has 0 radical (unpaired) electrons. The van der Waals surface area contributed by atoms with E-state index in [9.17, 15) is 4.79 Å². The van der Waals surface area contributed by atoms with Gasteiger partial charge in [0.1, 0.15) is 0 Å². The summed E-state index contributed by atoms with van der Waals surface area (Å²) in [7, 11) is 1.57. The van der Waals surface area contributed by atoms with Gasteiger partial charge in [-0.3, -0.25) is 4.79 Å². The third-order valence-electron chi connectivity index (χ3n) is 1.26. The van der Waals surface area contributed by atoms with Gasteiger partial charge in [-0.05, 0) is 12.5 Å².